The molecule has 112 valence electrons. The molecule has 1 aliphatic heterocycles. The first-order chi connectivity index (χ1) is 10.2. The van der Waals surface area contributed by atoms with Gasteiger partial charge in [0.15, 0.2) is 0 Å². The second-order valence-electron chi connectivity index (χ2n) is 5.41. The minimum atomic E-state index is -0.353. The zero-order chi connectivity index (χ0) is 14.8. The first-order valence-electron chi connectivity index (χ1n) is 7.28. The van der Waals surface area contributed by atoms with Crippen molar-refractivity contribution in [1.82, 2.24) is 25.1 Å². The number of nitrogens with one attached hydrogen (secondary N) is 3. The SMILES string of the molecule is CCc1cn[nH]c1C1CCCN(C(=O)c2c[nH]c(=O)[nH]2)C1. The third kappa shape index (κ3) is 2.63. The summed E-state index contributed by atoms with van der Waals surface area (Å²) in [5, 5.41) is 7.20. The molecule has 2 aromatic rings. The van der Waals surface area contributed by atoms with Gasteiger partial charge in [-0.15, -0.1) is 0 Å². The van der Waals surface area contributed by atoms with Gasteiger partial charge in [0.2, 0.25) is 0 Å². The van der Waals surface area contributed by atoms with Gasteiger partial charge in [0, 0.05) is 30.9 Å². The first-order valence-corrected chi connectivity index (χ1v) is 7.28. The largest absolute Gasteiger partial charge is 0.337 e. The number of imidazole rings is 1. The molecule has 3 rings (SSSR count). The fourth-order valence-electron chi connectivity index (χ4n) is 2.97. The van der Waals surface area contributed by atoms with Crippen LogP contribution in [0.3, 0.4) is 0 Å². The molecule has 0 radical (unpaired) electrons. The van der Waals surface area contributed by atoms with Crippen LogP contribution in [-0.2, 0) is 6.42 Å². The second kappa shape index (κ2) is 5.59. The van der Waals surface area contributed by atoms with Gasteiger partial charge in [0.05, 0.1) is 6.20 Å². The number of aromatic nitrogens is 4. The molecule has 1 saturated heterocycles. The quantitative estimate of drug-likeness (QED) is 0.786. The highest BCUT2D eigenvalue weighted by molar-refractivity contribution is 5.92. The molecule has 7 nitrogen and oxygen atoms in total. The Morgan fingerprint density at radius 2 is 2.38 bits per heavy atom. The summed E-state index contributed by atoms with van der Waals surface area (Å²) in [4.78, 5) is 30.3. The second-order valence-corrected chi connectivity index (χ2v) is 5.41. The number of hydrogen-bond acceptors (Lipinski definition) is 3. The first kappa shape index (κ1) is 13.7. The van der Waals surface area contributed by atoms with Crippen LogP contribution in [0, 0.1) is 0 Å². The Morgan fingerprint density at radius 3 is 3.10 bits per heavy atom. The van der Waals surface area contributed by atoms with Crippen molar-refractivity contribution in [3.05, 3.63) is 39.8 Å². The van der Waals surface area contributed by atoms with Crippen molar-refractivity contribution >= 4 is 5.91 Å². The molecule has 2 aromatic heterocycles. The number of hydrogen-bond donors (Lipinski definition) is 3. The van der Waals surface area contributed by atoms with Crippen LogP contribution in [0.25, 0.3) is 0 Å². The molecular formula is C14H19N5O2. The summed E-state index contributed by atoms with van der Waals surface area (Å²) in [5.41, 5.74) is 2.32. The van der Waals surface area contributed by atoms with Crippen molar-refractivity contribution in [3.8, 4) is 0 Å². The maximum atomic E-state index is 12.4. The third-order valence-corrected chi connectivity index (χ3v) is 4.08. The van der Waals surface area contributed by atoms with Crippen molar-refractivity contribution in [1.29, 1.82) is 0 Å². The lowest BCUT2D eigenvalue weighted by Gasteiger charge is -2.32. The number of nitrogens with zero attached hydrogens (tertiary/aromatic N) is 2. The summed E-state index contributed by atoms with van der Waals surface area (Å²) in [6.45, 7) is 3.48. The number of aromatic amines is 3. The summed E-state index contributed by atoms with van der Waals surface area (Å²) < 4.78 is 0. The zero-order valence-electron chi connectivity index (χ0n) is 12.0. The van der Waals surface area contributed by atoms with Crippen molar-refractivity contribution in [2.45, 2.75) is 32.1 Å². The van der Waals surface area contributed by atoms with Gasteiger partial charge < -0.3 is 14.9 Å². The fourth-order valence-corrected chi connectivity index (χ4v) is 2.97. The highest BCUT2D eigenvalue weighted by atomic mass is 16.2. The molecule has 21 heavy (non-hydrogen) atoms. The van der Waals surface area contributed by atoms with Crippen LogP contribution < -0.4 is 5.69 Å². The number of carbonyl (C=O) groups is 1. The zero-order valence-corrected chi connectivity index (χ0v) is 12.0. The van der Waals surface area contributed by atoms with Gasteiger partial charge in [-0.3, -0.25) is 9.89 Å². The standard InChI is InChI=1S/C14H19N5O2/c1-2-9-6-16-18-12(9)10-4-3-5-19(8-10)13(20)11-7-15-14(21)17-11/h6-7,10H,2-5,8H2,1H3,(H,16,18)(H2,15,17,21). The Bertz CT molecular complexity index is 683. The Morgan fingerprint density at radius 1 is 1.52 bits per heavy atom. The molecule has 1 unspecified atom stereocenters. The predicted octanol–water partition coefficient (Wildman–Crippen LogP) is 1.01. The summed E-state index contributed by atoms with van der Waals surface area (Å²) >= 11 is 0. The number of amides is 1. The molecule has 0 spiro atoms. The van der Waals surface area contributed by atoms with E-state index in [1.807, 2.05) is 6.20 Å². The summed E-state index contributed by atoms with van der Waals surface area (Å²) in [7, 11) is 0. The Kier molecular flexibility index (Phi) is 3.64. The van der Waals surface area contributed by atoms with Gasteiger partial charge in [-0.25, -0.2) is 4.79 Å². The van der Waals surface area contributed by atoms with Gasteiger partial charge in [0.1, 0.15) is 5.69 Å². The Hall–Kier alpha value is -2.31. The average Bonchev–Trinajstić information content (AvgIpc) is 3.15. The van der Waals surface area contributed by atoms with Gasteiger partial charge in [-0.05, 0) is 24.8 Å². The van der Waals surface area contributed by atoms with Gasteiger partial charge in [-0.2, -0.15) is 5.10 Å². The van der Waals surface area contributed by atoms with Gasteiger partial charge in [0.25, 0.3) is 5.91 Å². The lowest BCUT2D eigenvalue weighted by molar-refractivity contribution is 0.0700. The van der Waals surface area contributed by atoms with Crippen LogP contribution in [0.15, 0.2) is 17.2 Å². The summed E-state index contributed by atoms with van der Waals surface area (Å²) in [6, 6.07) is 0. The highest BCUT2D eigenvalue weighted by Gasteiger charge is 2.28. The van der Waals surface area contributed by atoms with E-state index in [1.165, 1.54) is 11.8 Å². The Labute approximate surface area is 121 Å². The minimum Gasteiger partial charge on any atom is -0.337 e. The minimum absolute atomic E-state index is 0.129. The van der Waals surface area contributed by atoms with E-state index in [0.717, 1.165) is 31.5 Å². The lowest BCUT2D eigenvalue weighted by Crippen LogP contribution is -2.39. The number of H-pyrrole nitrogens is 3. The average molecular weight is 289 g/mol. The number of carbonyl (C=O) groups excluding carboxylic acids is 1. The maximum Gasteiger partial charge on any atom is 0.323 e. The van der Waals surface area contributed by atoms with E-state index in [9.17, 15) is 9.59 Å². The van der Waals surface area contributed by atoms with Crippen molar-refractivity contribution in [3.63, 3.8) is 0 Å². The van der Waals surface area contributed by atoms with Crippen LogP contribution in [-0.4, -0.2) is 44.1 Å². The molecule has 0 saturated carbocycles. The molecular weight excluding hydrogens is 270 g/mol. The lowest BCUT2D eigenvalue weighted by atomic mass is 9.92. The molecule has 1 aliphatic rings. The van der Waals surface area contributed by atoms with Gasteiger partial charge in [-0.1, -0.05) is 6.92 Å². The molecule has 1 atom stereocenters. The van der Waals surface area contributed by atoms with Crippen LogP contribution in [0.1, 0.15) is 47.4 Å². The van der Waals surface area contributed by atoms with Crippen molar-refractivity contribution < 1.29 is 4.79 Å². The molecule has 1 fully saturated rings. The number of rotatable bonds is 3. The third-order valence-electron chi connectivity index (χ3n) is 4.08. The predicted molar refractivity (Wildman–Crippen MR) is 77.3 cm³/mol. The molecule has 3 N–H and O–H groups in total. The van der Waals surface area contributed by atoms with Crippen molar-refractivity contribution in [2.24, 2.45) is 0 Å². The van der Waals surface area contributed by atoms with E-state index < -0.39 is 0 Å². The Balaban J connectivity index is 1.77. The normalized spacial score (nSPS) is 18.9. The molecule has 0 bridgehead atoms. The van der Waals surface area contributed by atoms with Crippen LogP contribution in [0.4, 0.5) is 0 Å². The van der Waals surface area contributed by atoms with Gasteiger partial charge >= 0.3 is 5.69 Å². The molecule has 3 heterocycles. The summed E-state index contributed by atoms with van der Waals surface area (Å²) in [6.07, 6.45) is 6.22. The van der Waals surface area contributed by atoms with E-state index in [0.29, 0.717) is 12.2 Å². The van der Waals surface area contributed by atoms with E-state index >= 15 is 0 Å². The number of aryl methyl sites for hydroxylation is 1. The van der Waals surface area contributed by atoms with Crippen LogP contribution in [0.5, 0.6) is 0 Å². The van der Waals surface area contributed by atoms with E-state index in [4.69, 9.17) is 0 Å². The monoisotopic (exact) mass is 289 g/mol. The highest BCUT2D eigenvalue weighted by Crippen LogP contribution is 2.28. The van der Waals surface area contributed by atoms with E-state index in [-0.39, 0.29) is 17.5 Å². The van der Waals surface area contributed by atoms with E-state index in [1.54, 1.807) is 4.90 Å². The number of piperidine rings is 1. The fraction of sp³-hybridized carbons (Fsp3) is 0.500. The molecule has 0 aliphatic carbocycles. The van der Waals surface area contributed by atoms with Crippen molar-refractivity contribution in [2.75, 3.05) is 13.1 Å². The summed E-state index contributed by atoms with van der Waals surface area (Å²) in [5.74, 6) is 0.154. The smallest absolute Gasteiger partial charge is 0.323 e. The topological polar surface area (TPSA) is 97.6 Å². The molecule has 7 heteroatoms. The molecule has 0 aromatic carbocycles. The molecule has 1 amide bonds. The maximum absolute atomic E-state index is 12.4. The van der Waals surface area contributed by atoms with Crippen LogP contribution >= 0.6 is 0 Å². The number of likely N-dealkylation sites (tertiary alicyclic amines) is 1. The van der Waals surface area contributed by atoms with E-state index in [2.05, 4.69) is 27.1 Å². The van der Waals surface area contributed by atoms with Crippen LogP contribution in [0.2, 0.25) is 0 Å².